The van der Waals surface area contributed by atoms with Crippen molar-refractivity contribution in [3.05, 3.63) is 82.9 Å². The smallest absolute Gasteiger partial charge is 0.416 e. The first-order valence-electron chi connectivity index (χ1n) is 10.9. The lowest BCUT2D eigenvalue weighted by Gasteiger charge is -2.19. The molecule has 0 fully saturated rings. The summed E-state index contributed by atoms with van der Waals surface area (Å²) in [5, 5.41) is 9.85. The molecule has 0 aromatic heterocycles. The van der Waals surface area contributed by atoms with E-state index in [9.17, 15) is 36.2 Å². The molecule has 1 atom stereocenters. The van der Waals surface area contributed by atoms with E-state index >= 15 is 0 Å². The zero-order chi connectivity index (χ0) is 26.1. The third-order valence-corrected chi connectivity index (χ3v) is 5.65. The number of alkyl halides is 6. The first-order chi connectivity index (χ1) is 16.1. The molecule has 0 saturated heterocycles. The summed E-state index contributed by atoms with van der Waals surface area (Å²) in [6.45, 7) is 5.23. The molecule has 0 saturated carbocycles. The maximum atomic E-state index is 13.4. The molecule has 3 aromatic rings. The first kappa shape index (κ1) is 26.3. The second kappa shape index (κ2) is 9.76. The fourth-order valence-corrected chi connectivity index (χ4v) is 4.00. The highest BCUT2D eigenvalue weighted by Crippen LogP contribution is 2.38. The Morgan fingerprint density at radius 2 is 1.26 bits per heavy atom. The van der Waals surface area contributed by atoms with Crippen molar-refractivity contribution in [1.82, 2.24) is 0 Å². The summed E-state index contributed by atoms with van der Waals surface area (Å²) in [5.41, 5.74) is 0.444. The molecular weight excluding hydrogens is 470 g/mol. The fourth-order valence-electron chi connectivity index (χ4n) is 4.00. The van der Waals surface area contributed by atoms with Crippen LogP contribution in [0.4, 0.5) is 26.3 Å². The van der Waals surface area contributed by atoms with E-state index in [2.05, 4.69) is 0 Å². The van der Waals surface area contributed by atoms with Crippen LogP contribution in [0.1, 0.15) is 48.4 Å². The zero-order valence-electron chi connectivity index (χ0n) is 19.3. The summed E-state index contributed by atoms with van der Waals surface area (Å²) in [4.78, 5) is 12.1. The molecule has 3 rings (SSSR count). The normalized spacial score (nSPS) is 13.2. The van der Waals surface area contributed by atoms with E-state index in [0.29, 0.717) is 27.8 Å². The van der Waals surface area contributed by atoms with Gasteiger partial charge in [-0.05, 0) is 83.0 Å². The standard InChI is InChI=1S/C27H24F6O2/c1-15(2)8-24(25(34)35)21-12-19(17-4-6-22(7-5-17)26(28,29)30)11-20(13-21)18-9-16(3)10-23(14-18)27(31,32)33/h4-7,9-15,24H,8H2,1-3H3,(H,34,35). The SMILES string of the molecule is Cc1cc(-c2cc(-c3ccc(C(F)(F)F)cc3)cc(C(CC(C)C)C(=O)O)c2)cc(C(F)(F)F)c1. The molecule has 0 aliphatic heterocycles. The second-order valence-corrected chi connectivity index (χ2v) is 9.02. The number of hydrogen-bond acceptors (Lipinski definition) is 1. The van der Waals surface area contributed by atoms with Crippen molar-refractivity contribution in [1.29, 1.82) is 0 Å². The van der Waals surface area contributed by atoms with E-state index in [1.165, 1.54) is 19.1 Å². The number of hydrogen-bond donors (Lipinski definition) is 1. The number of carbonyl (C=O) groups is 1. The summed E-state index contributed by atoms with van der Waals surface area (Å²) >= 11 is 0. The molecule has 8 heteroatoms. The lowest BCUT2D eigenvalue weighted by molar-refractivity contribution is -0.139. The molecule has 0 spiro atoms. The summed E-state index contributed by atoms with van der Waals surface area (Å²) in [7, 11) is 0. The van der Waals surface area contributed by atoms with Crippen LogP contribution in [0.5, 0.6) is 0 Å². The highest BCUT2D eigenvalue weighted by atomic mass is 19.4. The van der Waals surface area contributed by atoms with Gasteiger partial charge in [-0.2, -0.15) is 26.3 Å². The quantitative estimate of drug-likeness (QED) is 0.349. The van der Waals surface area contributed by atoms with Gasteiger partial charge in [-0.25, -0.2) is 0 Å². The van der Waals surface area contributed by atoms with Crippen LogP contribution < -0.4 is 0 Å². The van der Waals surface area contributed by atoms with Crippen LogP contribution in [-0.2, 0) is 17.1 Å². The predicted molar refractivity (Wildman–Crippen MR) is 122 cm³/mol. The van der Waals surface area contributed by atoms with Gasteiger partial charge in [-0.3, -0.25) is 4.79 Å². The van der Waals surface area contributed by atoms with Gasteiger partial charge in [0.2, 0.25) is 0 Å². The zero-order valence-corrected chi connectivity index (χ0v) is 19.3. The molecular formula is C27H24F6O2. The van der Waals surface area contributed by atoms with E-state index in [1.54, 1.807) is 24.3 Å². The van der Waals surface area contributed by atoms with Gasteiger partial charge in [-0.1, -0.05) is 44.2 Å². The molecule has 35 heavy (non-hydrogen) atoms. The molecule has 3 aromatic carbocycles. The number of carboxylic acid groups (broad SMARTS) is 1. The number of rotatable bonds is 6. The number of aliphatic carboxylic acids is 1. The molecule has 186 valence electrons. The van der Waals surface area contributed by atoms with Crippen LogP contribution >= 0.6 is 0 Å². The van der Waals surface area contributed by atoms with Crippen molar-refractivity contribution >= 4 is 5.97 Å². The molecule has 0 aliphatic carbocycles. The van der Waals surface area contributed by atoms with Crippen molar-refractivity contribution in [2.75, 3.05) is 0 Å². The molecule has 0 radical (unpaired) electrons. The Labute approximate surface area is 199 Å². The average Bonchev–Trinajstić information content (AvgIpc) is 2.75. The Hall–Kier alpha value is -3.29. The Morgan fingerprint density at radius 3 is 1.74 bits per heavy atom. The van der Waals surface area contributed by atoms with Gasteiger partial charge in [0.15, 0.2) is 0 Å². The van der Waals surface area contributed by atoms with E-state index in [1.807, 2.05) is 13.8 Å². The van der Waals surface area contributed by atoms with Gasteiger partial charge >= 0.3 is 18.3 Å². The topological polar surface area (TPSA) is 37.3 Å². The Morgan fingerprint density at radius 1 is 0.743 bits per heavy atom. The van der Waals surface area contributed by atoms with Gasteiger partial charge in [0, 0.05) is 0 Å². The molecule has 1 unspecified atom stereocenters. The number of benzene rings is 3. The van der Waals surface area contributed by atoms with Crippen LogP contribution in [0.25, 0.3) is 22.3 Å². The average molecular weight is 494 g/mol. The van der Waals surface area contributed by atoms with Gasteiger partial charge in [0.1, 0.15) is 0 Å². The van der Waals surface area contributed by atoms with Crippen molar-refractivity contribution in [2.45, 2.75) is 45.5 Å². The highest BCUT2D eigenvalue weighted by molar-refractivity contribution is 5.81. The maximum Gasteiger partial charge on any atom is 0.416 e. The molecule has 1 N–H and O–H groups in total. The Bertz CT molecular complexity index is 1210. The van der Waals surface area contributed by atoms with E-state index < -0.39 is 35.4 Å². The molecule has 0 amide bonds. The lowest BCUT2D eigenvalue weighted by Crippen LogP contribution is -2.14. The number of halogens is 6. The minimum absolute atomic E-state index is 0.0186. The minimum Gasteiger partial charge on any atom is -0.481 e. The molecule has 2 nitrogen and oxygen atoms in total. The predicted octanol–water partition coefficient (Wildman–Crippen LogP) is 8.58. The van der Waals surface area contributed by atoms with Crippen molar-refractivity contribution in [2.24, 2.45) is 5.92 Å². The third kappa shape index (κ3) is 6.44. The Balaban J connectivity index is 2.23. The first-order valence-corrected chi connectivity index (χ1v) is 10.9. The Kier molecular flexibility index (Phi) is 7.34. The van der Waals surface area contributed by atoms with Gasteiger partial charge in [0.05, 0.1) is 17.0 Å². The van der Waals surface area contributed by atoms with Crippen LogP contribution in [0.3, 0.4) is 0 Å². The highest BCUT2D eigenvalue weighted by Gasteiger charge is 2.32. The van der Waals surface area contributed by atoms with Gasteiger partial charge in [0.25, 0.3) is 0 Å². The summed E-state index contributed by atoms with van der Waals surface area (Å²) in [6.07, 6.45) is -8.81. The van der Waals surface area contributed by atoms with Crippen molar-refractivity contribution in [3.63, 3.8) is 0 Å². The van der Waals surface area contributed by atoms with Gasteiger partial charge in [-0.15, -0.1) is 0 Å². The maximum absolute atomic E-state index is 13.4. The van der Waals surface area contributed by atoms with Crippen LogP contribution in [0.2, 0.25) is 0 Å². The minimum atomic E-state index is -4.57. The summed E-state index contributed by atoms with van der Waals surface area (Å²) < 4.78 is 79.3. The summed E-state index contributed by atoms with van der Waals surface area (Å²) in [6, 6.07) is 12.6. The molecule has 0 aliphatic rings. The molecule has 0 heterocycles. The monoisotopic (exact) mass is 494 g/mol. The third-order valence-electron chi connectivity index (χ3n) is 5.65. The van der Waals surface area contributed by atoms with Crippen molar-refractivity contribution in [3.8, 4) is 22.3 Å². The van der Waals surface area contributed by atoms with E-state index in [-0.39, 0.29) is 17.9 Å². The van der Waals surface area contributed by atoms with Crippen molar-refractivity contribution < 1.29 is 36.2 Å². The van der Waals surface area contributed by atoms with Gasteiger partial charge < -0.3 is 5.11 Å². The fraction of sp³-hybridized carbons (Fsp3) is 0.296. The lowest BCUT2D eigenvalue weighted by atomic mass is 9.86. The van der Waals surface area contributed by atoms with Crippen LogP contribution in [0, 0.1) is 12.8 Å². The second-order valence-electron chi connectivity index (χ2n) is 9.02. The molecule has 0 bridgehead atoms. The van der Waals surface area contributed by atoms with Crippen LogP contribution in [-0.4, -0.2) is 11.1 Å². The van der Waals surface area contributed by atoms with E-state index in [0.717, 1.165) is 24.3 Å². The number of aryl methyl sites for hydroxylation is 1. The van der Waals surface area contributed by atoms with Crippen LogP contribution in [0.15, 0.2) is 60.7 Å². The van der Waals surface area contributed by atoms with E-state index in [4.69, 9.17) is 0 Å². The largest absolute Gasteiger partial charge is 0.481 e. The summed E-state index contributed by atoms with van der Waals surface area (Å²) in [5.74, 6) is -2.01. The number of carboxylic acids is 1.